The third kappa shape index (κ3) is 2.33. The Hall–Kier alpha value is 0.01000. The molecule has 1 fully saturated rings. The normalized spacial score (nSPS) is 22.3. The molecule has 14 heavy (non-hydrogen) atoms. The van der Waals surface area contributed by atoms with Crippen LogP contribution in [-0.4, -0.2) is 16.0 Å². The molecule has 76 valence electrons. The van der Waals surface area contributed by atoms with Crippen LogP contribution in [0, 0.1) is 0 Å². The first-order valence-electron chi connectivity index (χ1n) is 4.57. The summed E-state index contributed by atoms with van der Waals surface area (Å²) in [6.07, 6.45) is 3.73. The maximum absolute atomic E-state index is 5.89. The number of thioether (sulfide) groups is 1. The molecule has 1 unspecified atom stereocenters. The SMILES string of the molecule is Clc1cc(C2CCCCS2)nnc1Cl. The maximum atomic E-state index is 5.89. The third-order valence-corrected chi connectivity index (χ3v) is 4.30. The van der Waals surface area contributed by atoms with Crippen molar-refractivity contribution in [2.45, 2.75) is 24.5 Å². The highest BCUT2D eigenvalue weighted by Crippen LogP contribution is 2.38. The molecular weight excluding hydrogens is 239 g/mol. The van der Waals surface area contributed by atoms with Crippen LogP contribution in [0.4, 0.5) is 0 Å². The predicted octanol–water partition coefficient (Wildman–Crippen LogP) is 3.74. The Morgan fingerprint density at radius 3 is 2.79 bits per heavy atom. The van der Waals surface area contributed by atoms with Gasteiger partial charge in [-0.1, -0.05) is 29.6 Å². The molecule has 0 N–H and O–H groups in total. The zero-order valence-electron chi connectivity index (χ0n) is 7.54. The number of aromatic nitrogens is 2. The molecule has 1 atom stereocenters. The lowest BCUT2D eigenvalue weighted by atomic mass is 10.1. The Labute approximate surface area is 97.4 Å². The van der Waals surface area contributed by atoms with Crippen molar-refractivity contribution in [3.05, 3.63) is 21.9 Å². The van der Waals surface area contributed by atoms with E-state index in [-0.39, 0.29) is 5.15 Å². The van der Waals surface area contributed by atoms with Gasteiger partial charge in [0.25, 0.3) is 0 Å². The summed E-state index contributed by atoms with van der Waals surface area (Å²) in [6, 6.07) is 1.83. The molecule has 0 bridgehead atoms. The second-order valence-electron chi connectivity index (χ2n) is 3.26. The molecular formula is C9H10Cl2N2S. The van der Waals surface area contributed by atoms with Crippen molar-refractivity contribution in [1.82, 2.24) is 10.2 Å². The van der Waals surface area contributed by atoms with Gasteiger partial charge in [0.2, 0.25) is 0 Å². The van der Waals surface area contributed by atoms with Gasteiger partial charge >= 0.3 is 0 Å². The molecule has 1 aliphatic rings. The average molecular weight is 249 g/mol. The van der Waals surface area contributed by atoms with Crippen LogP contribution >= 0.6 is 35.0 Å². The van der Waals surface area contributed by atoms with Crippen LogP contribution in [0.25, 0.3) is 0 Å². The van der Waals surface area contributed by atoms with E-state index in [0.29, 0.717) is 10.3 Å². The van der Waals surface area contributed by atoms with Crippen molar-refractivity contribution in [1.29, 1.82) is 0 Å². The molecule has 0 aliphatic carbocycles. The van der Waals surface area contributed by atoms with Gasteiger partial charge in [0.1, 0.15) is 0 Å². The summed E-state index contributed by atoms with van der Waals surface area (Å²) in [6.45, 7) is 0. The van der Waals surface area contributed by atoms with E-state index < -0.39 is 0 Å². The molecule has 0 radical (unpaired) electrons. The van der Waals surface area contributed by atoms with Gasteiger partial charge < -0.3 is 0 Å². The Morgan fingerprint density at radius 1 is 1.29 bits per heavy atom. The van der Waals surface area contributed by atoms with E-state index in [4.69, 9.17) is 23.2 Å². The van der Waals surface area contributed by atoms with E-state index in [2.05, 4.69) is 10.2 Å². The minimum absolute atomic E-state index is 0.288. The summed E-state index contributed by atoms with van der Waals surface area (Å²) in [4.78, 5) is 0. The average Bonchev–Trinajstić information content (AvgIpc) is 2.23. The topological polar surface area (TPSA) is 25.8 Å². The maximum Gasteiger partial charge on any atom is 0.170 e. The Morgan fingerprint density at radius 2 is 2.14 bits per heavy atom. The number of hydrogen-bond donors (Lipinski definition) is 0. The van der Waals surface area contributed by atoms with Crippen LogP contribution in [0.1, 0.15) is 30.2 Å². The largest absolute Gasteiger partial charge is 0.170 e. The molecule has 5 heteroatoms. The highest BCUT2D eigenvalue weighted by molar-refractivity contribution is 7.99. The zero-order chi connectivity index (χ0) is 9.97. The molecule has 2 rings (SSSR count). The van der Waals surface area contributed by atoms with Crippen LogP contribution in [0.3, 0.4) is 0 Å². The molecule has 2 nitrogen and oxygen atoms in total. The smallest absolute Gasteiger partial charge is 0.153 e. The highest BCUT2D eigenvalue weighted by Gasteiger charge is 2.18. The van der Waals surface area contributed by atoms with Crippen LogP contribution in [0.5, 0.6) is 0 Å². The molecule has 2 heterocycles. The van der Waals surface area contributed by atoms with Gasteiger partial charge in [0, 0.05) is 5.25 Å². The summed E-state index contributed by atoms with van der Waals surface area (Å²) >= 11 is 13.5. The first-order valence-corrected chi connectivity index (χ1v) is 6.38. The van der Waals surface area contributed by atoms with Crippen LogP contribution in [-0.2, 0) is 0 Å². The molecule has 1 saturated heterocycles. The fourth-order valence-electron chi connectivity index (χ4n) is 1.50. The lowest BCUT2D eigenvalue weighted by Gasteiger charge is -2.20. The summed E-state index contributed by atoms with van der Waals surface area (Å²) in [7, 11) is 0. The third-order valence-electron chi connectivity index (χ3n) is 2.23. The van der Waals surface area contributed by atoms with E-state index in [1.54, 1.807) is 0 Å². The number of halogens is 2. The van der Waals surface area contributed by atoms with Gasteiger partial charge in [-0.15, -0.1) is 5.10 Å². The fourth-order valence-corrected chi connectivity index (χ4v) is 3.02. The Kier molecular flexibility index (Phi) is 3.52. The lowest BCUT2D eigenvalue weighted by molar-refractivity contribution is 0.668. The van der Waals surface area contributed by atoms with Crippen molar-refractivity contribution < 1.29 is 0 Å². The first-order chi connectivity index (χ1) is 6.77. The molecule has 1 aromatic heterocycles. The lowest BCUT2D eigenvalue weighted by Crippen LogP contribution is -2.05. The van der Waals surface area contributed by atoms with Crippen molar-refractivity contribution in [2.24, 2.45) is 0 Å². The Bertz CT molecular complexity index is 327. The Balaban J connectivity index is 2.18. The minimum atomic E-state index is 0.288. The highest BCUT2D eigenvalue weighted by atomic mass is 35.5. The van der Waals surface area contributed by atoms with Gasteiger partial charge in [-0.3, -0.25) is 0 Å². The van der Waals surface area contributed by atoms with E-state index in [1.165, 1.54) is 18.6 Å². The second-order valence-corrected chi connectivity index (χ2v) is 5.34. The van der Waals surface area contributed by atoms with Gasteiger partial charge in [-0.2, -0.15) is 16.9 Å². The van der Waals surface area contributed by atoms with E-state index >= 15 is 0 Å². The van der Waals surface area contributed by atoms with Crippen LogP contribution in [0.15, 0.2) is 6.07 Å². The minimum Gasteiger partial charge on any atom is -0.153 e. The monoisotopic (exact) mass is 248 g/mol. The number of rotatable bonds is 1. The summed E-state index contributed by atoms with van der Waals surface area (Å²) in [5.41, 5.74) is 0.962. The zero-order valence-corrected chi connectivity index (χ0v) is 9.87. The molecule has 1 aromatic rings. The van der Waals surface area contributed by atoms with Crippen LogP contribution in [0.2, 0.25) is 10.2 Å². The number of hydrogen-bond acceptors (Lipinski definition) is 3. The van der Waals surface area contributed by atoms with E-state index in [1.807, 2.05) is 17.8 Å². The van der Waals surface area contributed by atoms with Gasteiger partial charge in [0.05, 0.1) is 10.7 Å². The summed E-state index contributed by atoms with van der Waals surface area (Å²) in [5, 5.41) is 9.14. The van der Waals surface area contributed by atoms with Gasteiger partial charge in [-0.25, -0.2) is 0 Å². The summed E-state index contributed by atoms with van der Waals surface area (Å²) in [5.74, 6) is 1.20. The van der Waals surface area contributed by atoms with Gasteiger partial charge in [0.15, 0.2) is 5.15 Å². The van der Waals surface area contributed by atoms with Crippen LogP contribution < -0.4 is 0 Å². The van der Waals surface area contributed by atoms with E-state index in [9.17, 15) is 0 Å². The van der Waals surface area contributed by atoms with Crippen molar-refractivity contribution in [2.75, 3.05) is 5.75 Å². The second kappa shape index (κ2) is 4.69. The van der Waals surface area contributed by atoms with E-state index in [0.717, 1.165) is 12.1 Å². The molecule has 1 aliphatic heterocycles. The number of nitrogens with zero attached hydrogens (tertiary/aromatic N) is 2. The summed E-state index contributed by atoms with van der Waals surface area (Å²) < 4.78 is 0. The quantitative estimate of drug-likeness (QED) is 0.758. The predicted molar refractivity (Wildman–Crippen MR) is 61.1 cm³/mol. The van der Waals surface area contributed by atoms with Crippen molar-refractivity contribution in [3.63, 3.8) is 0 Å². The molecule has 0 aromatic carbocycles. The standard InChI is InChI=1S/C9H10Cl2N2S/c10-6-5-7(12-13-9(6)11)8-3-1-2-4-14-8/h5,8H,1-4H2. The fraction of sp³-hybridized carbons (Fsp3) is 0.556. The van der Waals surface area contributed by atoms with Crippen molar-refractivity contribution in [3.8, 4) is 0 Å². The molecule has 0 saturated carbocycles. The first kappa shape index (κ1) is 10.5. The molecule has 0 spiro atoms. The van der Waals surface area contributed by atoms with Gasteiger partial charge in [-0.05, 0) is 24.7 Å². The van der Waals surface area contributed by atoms with Crippen molar-refractivity contribution >= 4 is 35.0 Å². The molecule has 0 amide bonds.